The minimum atomic E-state index is -5.02. The molecule has 1 aromatic carbocycles. The zero-order valence-electron chi connectivity index (χ0n) is 18.1. The van der Waals surface area contributed by atoms with E-state index < -0.39 is 45.9 Å². The van der Waals surface area contributed by atoms with Crippen LogP contribution in [0.4, 0.5) is 26.3 Å². The molecule has 0 aliphatic carbocycles. The van der Waals surface area contributed by atoms with Gasteiger partial charge in [0.1, 0.15) is 0 Å². The van der Waals surface area contributed by atoms with Crippen molar-refractivity contribution in [3.63, 3.8) is 0 Å². The van der Waals surface area contributed by atoms with Crippen molar-refractivity contribution in [2.24, 2.45) is 0 Å². The van der Waals surface area contributed by atoms with Crippen LogP contribution >= 0.6 is 11.8 Å². The van der Waals surface area contributed by atoms with Crippen molar-refractivity contribution in [1.29, 1.82) is 0 Å². The number of hydrogen-bond donors (Lipinski definition) is 2. The molecule has 1 aromatic rings. The number of likely N-dealkylation sites (tertiary alicyclic amines) is 1. The number of carbonyl (C=O) groups excluding carboxylic acids is 2. The van der Waals surface area contributed by atoms with Crippen molar-refractivity contribution < 1.29 is 35.9 Å². The lowest BCUT2D eigenvalue weighted by molar-refractivity contribution is -0.143. The van der Waals surface area contributed by atoms with E-state index in [1.807, 2.05) is 13.8 Å². The smallest absolute Gasteiger partial charge is 0.352 e. The number of nitrogens with zero attached hydrogens (tertiary/aromatic N) is 1. The van der Waals surface area contributed by atoms with Gasteiger partial charge in [-0.1, -0.05) is 6.92 Å². The fraction of sp³-hybridized carbons (Fsp3) is 0.619. The number of rotatable bonds is 4. The average molecular weight is 498 g/mol. The van der Waals surface area contributed by atoms with Crippen LogP contribution in [0.25, 0.3) is 0 Å². The summed E-state index contributed by atoms with van der Waals surface area (Å²) in [5, 5.41) is 6.22. The number of halogens is 6. The number of alkyl halides is 6. The topological polar surface area (TPSA) is 61.4 Å². The van der Waals surface area contributed by atoms with Gasteiger partial charge in [0.25, 0.3) is 5.91 Å². The maximum Gasteiger partial charge on any atom is 0.416 e. The lowest BCUT2D eigenvalue weighted by Gasteiger charge is -2.39. The van der Waals surface area contributed by atoms with E-state index in [4.69, 9.17) is 0 Å². The Morgan fingerprint density at radius 2 is 1.67 bits per heavy atom. The molecule has 2 aliphatic rings. The van der Waals surface area contributed by atoms with E-state index in [9.17, 15) is 35.9 Å². The van der Waals surface area contributed by atoms with Crippen LogP contribution in [0.5, 0.6) is 0 Å². The molecule has 1 spiro atoms. The first-order valence-electron chi connectivity index (χ1n) is 10.5. The molecule has 2 N–H and O–H groups in total. The van der Waals surface area contributed by atoms with Crippen LogP contribution in [0, 0.1) is 0 Å². The van der Waals surface area contributed by atoms with Gasteiger partial charge in [-0.3, -0.25) is 14.9 Å². The van der Waals surface area contributed by atoms with Gasteiger partial charge in [-0.2, -0.15) is 26.3 Å². The number of benzene rings is 1. The Hall–Kier alpha value is -1.95. The molecule has 0 aromatic heterocycles. The predicted molar refractivity (Wildman–Crippen MR) is 112 cm³/mol. The van der Waals surface area contributed by atoms with Crippen molar-refractivity contribution in [3.8, 4) is 0 Å². The van der Waals surface area contributed by atoms with Crippen molar-refractivity contribution in [2.75, 3.05) is 18.8 Å². The molecule has 33 heavy (non-hydrogen) atoms. The van der Waals surface area contributed by atoms with Crippen molar-refractivity contribution in [2.45, 2.75) is 62.4 Å². The molecule has 3 rings (SSSR count). The molecule has 2 atom stereocenters. The molecule has 2 fully saturated rings. The average Bonchev–Trinajstić information content (AvgIpc) is 3.15. The van der Waals surface area contributed by atoms with Crippen LogP contribution in [-0.4, -0.2) is 52.5 Å². The SMILES string of the molecule is CCC(C)NC(=O)C1CSC2(CCN(C(=O)c3cc(C(F)(F)F)cc(C(F)(F)F)c3)CC2)N1. The van der Waals surface area contributed by atoms with E-state index in [1.54, 1.807) is 11.8 Å². The first-order valence-corrected chi connectivity index (χ1v) is 11.5. The van der Waals surface area contributed by atoms with Gasteiger partial charge in [0.05, 0.1) is 22.0 Å². The Morgan fingerprint density at radius 3 is 2.15 bits per heavy atom. The molecular formula is C21H25F6N3O2S. The molecule has 0 radical (unpaired) electrons. The summed E-state index contributed by atoms with van der Waals surface area (Å²) in [6.07, 6.45) is -8.41. The van der Waals surface area contributed by atoms with E-state index in [0.717, 1.165) is 6.42 Å². The van der Waals surface area contributed by atoms with Gasteiger partial charge in [-0.05, 0) is 44.4 Å². The first kappa shape index (κ1) is 25.7. The lowest BCUT2D eigenvalue weighted by atomic mass is 10.00. The fourth-order valence-corrected chi connectivity index (χ4v) is 5.27. The van der Waals surface area contributed by atoms with E-state index >= 15 is 0 Å². The second kappa shape index (κ2) is 9.36. The number of nitrogens with one attached hydrogen (secondary N) is 2. The van der Waals surface area contributed by atoms with Crippen LogP contribution in [0.2, 0.25) is 0 Å². The monoisotopic (exact) mass is 497 g/mol. The highest BCUT2D eigenvalue weighted by Crippen LogP contribution is 2.40. The molecule has 2 amide bonds. The van der Waals surface area contributed by atoms with Gasteiger partial charge in [0.2, 0.25) is 5.91 Å². The zero-order valence-corrected chi connectivity index (χ0v) is 18.9. The standard InChI is InChI=1S/C21H25F6N3O2S/c1-3-12(2)28-17(31)16-11-33-19(29-16)4-6-30(7-5-19)18(32)13-8-14(20(22,23)24)10-15(9-13)21(25,26)27/h8-10,12,16,29H,3-7,11H2,1-2H3,(H,28,31). The second-order valence-electron chi connectivity index (χ2n) is 8.41. The molecule has 5 nitrogen and oxygen atoms in total. The van der Waals surface area contributed by atoms with Crippen molar-refractivity contribution in [1.82, 2.24) is 15.5 Å². The summed E-state index contributed by atoms with van der Waals surface area (Å²) in [5.41, 5.74) is -3.68. The quantitative estimate of drug-likeness (QED) is 0.610. The minimum Gasteiger partial charge on any atom is -0.352 e. The van der Waals surface area contributed by atoms with Crippen LogP contribution in [0.15, 0.2) is 18.2 Å². The Balaban J connectivity index is 1.69. The van der Waals surface area contributed by atoms with Crippen LogP contribution in [-0.2, 0) is 17.1 Å². The maximum atomic E-state index is 13.1. The molecule has 184 valence electrons. The molecule has 0 saturated carbocycles. The molecule has 2 unspecified atom stereocenters. The Bertz CT molecular complexity index is 865. The Kier molecular flexibility index (Phi) is 7.28. The van der Waals surface area contributed by atoms with Gasteiger partial charge in [-0.15, -0.1) is 11.8 Å². The highest BCUT2D eigenvalue weighted by atomic mass is 32.2. The molecule has 2 heterocycles. The highest BCUT2D eigenvalue weighted by Gasteiger charge is 2.45. The van der Waals surface area contributed by atoms with Gasteiger partial charge >= 0.3 is 12.4 Å². The summed E-state index contributed by atoms with van der Waals surface area (Å²) < 4.78 is 78.7. The molecule has 2 saturated heterocycles. The van der Waals surface area contributed by atoms with Crippen LogP contribution in [0.1, 0.15) is 54.6 Å². The number of amides is 2. The maximum absolute atomic E-state index is 13.1. The third kappa shape index (κ3) is 5.95. The van der Waals surface area contributed by atoms with E-state index in [2.05, 4.69) is 10.6 Å². The molecule has 0 bridgehead atoms. The third-order valence-electron chi connectivity index (χ3n) is 5.97. The van der Waals surface area contributed by atoms with E-state index in [1.165, 1.54) is 4.90 Å². The van der Waals surface area contributed by atoms with Gasteiger partial charge in [-0.25, -0.2) is 0 Å². The number of piperidine rings is 1. The zero-order chi connectivity index (χ0) is 24.6. The number of hydrogen-bond acceptors (Lipinski definition) is 4. The second-order valence-corrected chi connectivity index (χ2v) is 9.81. The van der Waals surface area contributed by atoms with Gasteiger partial charge < -0.3 is 10.2 Å². The highest BCUT2D eigenvalue weighted by molar-refractivity contribution is 8.01. The van der Waals surface area contributed by atoms with E-state index in [-0.39, 0.29) is 31.1 Å². The van der Waals surface area contributed by atoms with Crippen LogP contribution in [0.3, 0.4) is 0 Å². The lowest BCUT2D eigenvalue weighted by Crippen LogP contribution is -2.55. The first-order chi connectivity index (χ1) is 15.2. The predicted octanol–water partition coefficient (Wildman–Crippen LogP) is 4.28. The summed E-state index contributed by atoms with van der Waals surface area (Å²) in [4.78, 5) is 26.0. The van der Waals surface area contributed by atoms with Crippen molar-refractivity contribution in [3.05, 3.63) is 34.9 Å². The summed E-state index contributed by atoms with van der Waals surface area (Å²) in [6, 6.07) is 0.559. The molecule has 12 heteroatoms. The summed E-state index contributed by atoms with van der Waals surface area (Å²) >= 11 is 1.55. The fourth-order valence-electron chi connectivity index (χ4n) is 3.85. The number of thioether (sulfide) groups is 1. The largest absolute Gasteiger partial charge is 0.416 e. The summed E-state index contributed by atoms with van der Waals surface area (Å²) in [6.45, 7) is 4.15. The normalized spacial score (nSPS) is 21.8. The van der Waals surface area contributed by atoms with Crippen LogP contribution < -0.4 is 10.6 Å². The Morgan fingerprint density at radius 1 is 1.12 bits per heavy atom. The van der Waals surface area contributed by atoms with Crippen molar-refractivity contribution >= 4 is 23.6 Å². The third-order valence-corrected chi connectivity index (χ3v) is 7.55. The van der Waals surface area contributed by atoms with Gasteiger partial charge in [0, 0.05) is 30.4 Å². The number of carbonyl (C=O) groups is 2. The summed E-state index contributed by atoms with van der Waals surface area (Å²) in [7, 11) is 0. The van der Waals surface area contributed by atoms with Gasteiger partial charge in [0.15, 0.2) is 0 Å². The van der Waals surface area contributed by atoms with E-state index in [0.29, 0.717) is 30.7 Å². The summed E-state index contributed by atoms with van der Waals surface area (Å²) in [5.74, 6) is -0.454. The minimum absolute atomic E-state index is 0.00561. The molecular weight excluding hydrogens is 472 g/mol. The molecule has 2 aliphatic heterocycles. The Labute approximate surface area is 191 Å².